The molecule has 1 fully saturated rings. The van der Waals surface area contributed by atoms with E-state index in [1.165, 1.54) is 0 Å². The van der Waals surface area contributed by atoms with Gasteiger partial charge in [0, 0.05) is 27.2 Å². The molecule has 0 unspecified atom stereocenters. The van der Waals surface area contributed by atoms with Crippen molar-refractivity contribution in [3.8, 4) is 0 Å². The van der Waals surface area contributed by atoms with Gasteiger partial charge < -0.3 is 9.64 Å². The SMILES string of the molecule is Cc1nn(C)c2c(=O)n(C)c(N3C[C@H](C)O[C@@H](C)C3)nc12. The summed E-state index contributed by atoms with van der Waals surface area (Å²) in [6.07, 6.45) is 0.243. The molecule has 0 bridgehead atoms. The Morgan fingerprint density at radius 1 is 1.19 bits per heavy atom. The molecule has 0 amide bonds. The molecule has 2 aromatic heterocycles. The van der Waals surface area contributed by atoms with Crippen LogP contribution in [-0.4, -0.2) is 44.6 Å². The van der Waals surface area contributed by atoms with Crippen LogP contribution in [0.2, 0.25) is 0 Å². The molecule has 0 radical (unpaired) electrons. The Labute approximate surface area is 123 Å². The van der Waals surface area contributed by atoms with Crippen LogP contribution < -0.4 is 10.5 Å². The molecule has 3 rings (SSSR count). The largest absolute Gasteiger partial charge is 0.372 e. The molecule has 1 aliphatic rings. The molecule has 2 aromatic rings. The quantitative estimate of drug-likeness (QED) is 0.769. The van der Waals surface area contributed by atoms with Crippen LogP contribution in [0.4, 0.5) is 5.95 Å². The molecule has 0 N–H and O–H groups in total. The Morgan fingerprint density at radius 3 is 2.43 bits per heavy atom. The third-order valence-corrected chi connectivity index (χ3v) is 3.91. The first-order valence-electron chi connectivity index (χ1n) is 7.19. The van der Waals surface area contributed by atoms with E-state index >= 15 is 0 Å². The third kappa shape index (κ3) is 2.21. The van der Waals surface area contributed by atoms with Gasteiger partial charge in [-0.1, -0.05) is 0 Å². The molecule has 7 nitrogen and oxygen atoms in total. The highest BCUT2D eigenvalue weighted by Crippen LogP contribution is 2.20. The van der Waals surface area contributed by atoms with E-state index in [2.05, 4.69) is 10.00 Å². The lowest BCUT2D eigenvalue weighted by Gasteiger charge is -2.36. The summed E-state index contributed by atoms with van der Waals surface area (Å²) < 4.78 is 8.96. The maximum Gasteiger partial charge on any atom is 0.280 e. The van der Waals surface area contributed by atoms with E-state index < -0.39 is 0 Å². The van der Waals surface area contributed by atoms with Gasteiger partial charge in [-0.25, -0.2) is 4.98 Å². The second-order valence-electron chi connectivity index (χ2n) is 5.84. The molecule has 114 valence electrons. The van der Waals surface area contributed by atoms with Gasteiger partial charge in [0.2, 0.25) is 5.95 Å². The minimum Gasteiger partial charge on any atom is -0.372 e. The Kier molecular flexibility index (Phi) is 3.24. The van der Waals surface area contributed by atoms with Crippen LogP contribution in [0, 0.1) is 6.92 Å². The first-order valence-corrected chi connectivity index (χ1v) is 7.19. The summed E-state index contributed by atoms with van der Waals surface area (Å²) in [6.45, 7) is 7.41. The Hall–Kier alpha value is -1.89. The highest BCUT2D eigenvalue weighted by Gasteiger charge is 2.26. The highest BCUT2D eigenvalue weighted by molar-refractivity contribution is 5.77. The van der Waals surface area contributed by atoms with Gasteiger partial charge >= 0.3 is 0 Å². The number of aryl methyl sites for hydroxylation is 2. The van der Waals surface area contributed by atoms with Gasteiger partial charge in [0.15, 0.2) is 5.52 Å². The normalized spacial score (nSPS) is 23.0. The second-order valence-corrected chi connectivity index (χ2v) is 5.84. The molecule has 0 aromatic carbocycles. The lowest BCUT2D eigenvalue weighted by molar-refractivity contribution is -0.00590. The smallest absolute Gasteiger partial charge is 0.280 e. The summed E-state index contributed by atoms with van der Waals surface area (Å²) in [7, 11) is 3.54. The molecule has 3 heterocycles. The van der Waals surface area contributed by atoms with Crippen LogP contribution in [0.1, 0.15) is 19.5 Å². The topological polar surface area (TPSA) is 65.2 Å². The maximum absolute atomic E-state index is 12.6. The summed E-state index contributed by atoms with van der Waals surface area (Å²) in [5, 5.41) is 4.31. The van der Waals surface area contributed by atoms with Crippen LogP contribution in [0.3, 0.4) is 0 Å². The van der Waals surface area contributed by atoms with Crippen molar-refractivity contribution in [3.05, 3.63) is 16.0 Å². The molecule has 21 heavy (non-hydrogen) atoms. The Bertz CT molecular complexity index is 738. The molecule has 0 spiro atoms. The van der Waals surface area contributed by atoms with Crippen molar-refractivity contribution in [3.63, 3.8) is 0 Å². The molecular formula is C14H21N5O2. The monoisotopic (exact) mass is 291 g/mol. The molecular weight excluding hydrogens is 270 g/mol. The number of hydrogen-bond acceptors (Lipinski definition) is 5. The van der Waals surface area contributed by atoms with Gasteiger partial charge in [0.1, 0.15) is 5.52 Å². The first kappa shape index (κ1) is 14.1. The summed E-state index contributed by atoms with van der Waals surface area (Å²) in [5.41, 5.74) is 1.95. The van der Waals surface area contributed by atoms with Gasteiger partial charge in [-0.05, 0) is 20.8 Å². The van der Waals surface area contributed by atoms with Crippen LogP contribution >= 0.6 is 0 Å². The van der Waals surface area contributed by atoms with E-state index in [9.17, 15) is 4.79 Å². The van der Waals surface area contributed by atoms with Crippen molar-refractivity contribution >= 4 is 17.0 Å². The van der Waals surface area contributed by atoms with E-state index in [1.54, 1.807) is 23.3 Å². The number of aromatic nitrogens is 4. The fraction of sp³-hybridized carbons (Fsp3) is 0.643. The Balaban J connectivity index is 2.17. The standard InChI is InChI=1S/C14H21N5O2/c1-8-6-19(7-9(2)21-8)14-15-11-10(3)16-18(5)12(11)13(20)17(14)4/h8-9H,6-7H2,1-5H3/t8-,9-/m0/s1. The fourth-order valence-electron chi connectivity index (χ4n) is 3.07. The minimum absolute atomic E-state index is 0.0649. The van der Waals surface area contributed by atoms with Crippen LogP contribution in [0.5, 0.6) is 0 Å². The van der Waals surface area contributed by atoms with Gasteiger partial charge in [0.25, 0.3) is 5.56 Å². The predicted molar refractivity (Wildman–Crippen MR) is 80.7 cm³/mol. The molecule has 0 aliphatic carbocycles. The highest BCUT2D eigenvalue weighted by atomic mass is 16.5. The number of ether oxygens (including phenoxy) is 1. The van der Waals surface area contributed by atoms with E-state index in [1.807, 2.05) is 20.8 Å². The van der Waals surface area contributed by atoms with Crippen molar-refractivity contribution in [1.29, 1.82) is 0 Å². The van der Waals surface area contributed by atoms with E-state index in [0.29, 0.717) is 17.0 Å². The zero-order valence-corrected chi connectivity index (χ0v) is 13.1. The number of anilines is 1. The fourth-order valence-corrected chi connectivity index (χ4v) is 3.07. The predicted octanol–water partition coefficient (Wildman–Crippen LogP) is 0.589. The van der Waals surface area contributed by atoms with E-state index in [4.69, 9.17) is 9.72 Å². The second kappa shape index (κ2) is 4.84. The van der Waals surface area contributed by atoms with Crippen LogP contribution in [-0.2, 0) is 18.8 Å². The number of morpholine rings is 1. The maximum atomic E-state index is 12.6. The van der Waals surface area contributed by atoms with E-state index in [-0.39, 0.29) is 17.8 Å². The van der Waals surface area contributed by atoms with Gasteiger partial charge in [-0.2, -0.15) is 5.10 Å². The summed E-state index contributed by atoms with van der Waals surface area (Å²) in [6, 6.07) is 0. The van der Waals surface area contributed by atoms with Crippen molar-refractivity contribution < 1.29 is 4.74 Å². The van der Waals surface area contributed by atoms with Crippen molar-refractivity contribution in [2.45, 2.75) is 33.0 Å². The summed E-state index contributed by atoms with van der Waals surface area (Å²) in [4.78, 5) is 19.4. The van der Waals surface area contributed by atoms with Crippen molar-refractivity contribution in [1.82, 2.24) is 19.3 Å². The number of nitrogens with zero attached hydrogens (tertiary/aromatic N) is 5. The van der Waals surface area contributed by atoms with Gasteiger partial charge in [-0.15, -0.1) is 0 Å². The molecule has 7 heteroatoms. The van der Waals surface area contributed by atoms with Crippen molar-refractivity contribution in [2.24, 2.45) is 14.1 Å². The molecule has 1 aliphatic heterocycles. The summed E-state index contributed by atoms with van der Waals surface area (Å²) in [5.74, 6) is 0.686. The molecule has 2 atom stereocenters. The zero-order valence-electron chi connectivity index (χ0n) is 13.1. The first-order chi connectivity index (χ1) is 9.88. The number of rotatable bonds is 1. The lowest BCUT2D eigenvalue weighted by atomic mass is 10.2. The van der Waals surface area contributed by atoms with Crippen LogP contribution in [0.25, 0.3) is 11.0 Å². The van der Waals surface area contributed by atoms with Crippen LogP contribution in [0.15, 0.2) is 4.79 Å². The number of hydrogen-bond donors (Lipinski definition) is 0. The van der Waals surface area contributed by atoms with E-state index in [0.717, 1.165) is 18.8 Å². The average Bonchev–Trinajstić information content (AvgIpc) is 2.67. The molecule has 0 saturated carbocycles. The number of fused-ring (bicyclic) bond motifs is 1. The van der Waals surface area contributed by atoms with Crippen molar-refractivity contribution in [2.75, 3.05) is 18.0 Å². The minimum atomic E-state index is -0.0649. The zero-order chi connectivity index (χ0) is 15.3. The lowest BCUT2D eigenvalue weighted by Crippen LogP contribution is -2.47. The molecule has 1 saturated heterocycles. The average molecular weight is 291 g/mol. The van der Waals surface area contributed by atoms with Gasteiger partial charge in [-0.3, -0.25) is 14.0 Å². The Morgan fingerprint density at radius 2 is 1.81 bits per heavy atom. The third-order valence-electron chi connectivity index (χ3n) is 3.91. The van der Waals surface area contributed by atoms with Gasteiger partial charge in [0.05, 0.1) is 17.9 Å². The summed E-state index contributed by atoms with van der Waals surface area (Å²) >= 11 is 0.